The van der Waals surface area contributed by atoms with Crippen molar-refractivity contribution < 1.29 is 4.79 Å². The molecule has 1 aromatic carbocycles. The van der Waals surface area contributed by atoms with Gasteiger partial charge in [0.05, 0.1) is 15.2 Å². The molecule has 1 saturated heterocycles. The third-order valence-corrected chi connectivity index (χ3v) is 5.41. The molecule has 1 aliphatic heterocycles. The number of aromatic nitrogens is 2. The second kappa shape index (κ2) is 7.39. The molecule has 0 unspecified atom stereocenters. The molecule has 0 radical (unpaired) electrons. The highest BCUT2D eigenvalue weighted by Crippen LogP contribution is 2.22. The number of thiazole rings is 1. The number of carbonyl (C=O) groups is 1. The maximum Gasteiger partial charge on any atom is 0.251 e. The second-order valence-electron chi connectivity index (χ2n) is 6.36. The molecule has 1 fully saturated rings. The van der Waals surface area contributed by atoms with Crippen molar-refractivity contribution in [1.82, 2.24) is 20.6 Å². The molecule has 134 valence electrons. The molecule has 7 heteroatoms. The number of anilines is 1. The number of hydrogen-bond acceptors (Lipinski definition) is 6. The Morgan fingerprint density at radius 3 is 2.96 bits per heavy atom. The smallest absolute Gasteiger partial charge is 0.251 e. The van der Waals surface area contributed by atoms with Crippen LogP contribution in [0.25, 0.3) is 10.2 Å². The Morgan fingerprint density at radius 1 is 1.27 bits per heavy atom. The molecule has 0 atom stereocenters. The first kappa shape index (κ1) is 16.9. The molecule has 6 nitrogen and oxygen atoms in total. The van der Waals surface area contributed by atoms with E-state index in [0.717, 1.165) is 52.8 Å². The van der Waals surface area contributed by atoms with Crippen LogP contribution < -0.4 is 15.5 Å². The summed E-state index contributed by atoms with van der Waals surface area (Å²) in [6.07, 6.45) is 1.81. The zero-order valence-corrected chi connectivity index (χ0v) is 15.5. The van der Waals surface area contributed by atoms with Gasteiger partial charge in [-0.05, 0) is 42.8 Å². The number of pyridine rings is 1. The molecule has 1 aliphatic rings. The zero-order valence-electron chi connectivity index (χ0n) is 14.7. The molecule has 3 heterocycles. The van der Waals surface area contributed by atoms with Crippen molar-refractivity contribution in [2.75, 3.05) is 31.1 Å². The van der Waals surface area contributed by atoms with Crippen LogP contribution in [-0.2, 0) is 6.54 Å². The van der Waals surface area contributed by atoms with Crippen molar-refractivity contribution in [1.29, 1.82) is 0 Å². The summed E-state index contributed by atoms with van der Waals surface area (Å²) in [7, 11) is 0. The van der Waals surface area contributed by atoms with Crippen LogP contribution in [0.5, 0.6) is 0 Å². The fraction of sp³-hybridized carbons (Fsp3) is 0.316. The zero-order chi connectivity index (χ0) is 17.9. The van der Waals surface area contributed by atoms with Crippen molar-refractivity contribution >= 4 is 33.3 Å². The third-order valence-electron chi connectivity index (χ3n) is 4.46. The summed E-state index contributed by atoms with van der Waals surface area (Å²) in [5, 5.41) is 7.34. The van der Waals surface area contributed by atoms with Crippen molar-refractivity contribution in [3.8, 4) is 0 Å². The number of benzene rings is 1. The highest BCUT2D eigenvalue weighted by atomic mass is 32.1. The number of nitrogens with one attached hydrogen (secondary N) is 2. The van der Waals surface area contributed by atoms with Crippen molar-refractivity contribution in [3.05, 3.63) is 52.7 Å². The van der Waals surface area contributed by atoms with E-state index in [-0.39, 0.29) is 5.91 Å². The van der Waals surface area contributed by atoms with Gasteiger partial charge in [-0.1, -0.05) is 0 Å². The summed E-state index contributed by atoms with van der Waals surface area (Å²) in [6, 6.07) is 9.67. The number of piperazine rings is 1. The molecule has 0 saturated carbocycles. The van der Waals surface area contributed by atoms with Crippen molar-refractivity contribution in [3.63, 3.8) is 0 Å². The van der Waals surface area contributed by atoms with Gasteiger partial charge < -0.3 is 15.5 Å². The van der Waals surface area contributed by atoms with Gasteiger partial charge in [-0.2, -0.15) is 0 Å². The molecule has 0 bridgehead atoms. The van der Waals surface area contributed by atoms with Gasteiger partial charge in [-0.15, -0.1) is 11.3 Å². The van der Waals surface area contributed by atoms with Crippen molar-refractivity contribution in [2.45, 2.75) is 13.5 Å². The van der Waals surface area contributed by atoms with Gasteiger partial charge in [0.1, 0.15) is 5.82 Å². The maximum atomic E-state index is 12.5. The van der Waals surface area contributed by atoms with Crippen LogP contribution >= 0.6 is 11.3 Å². The lowest BCUT2D eigenvalue weighted by molar-refractivity contribution is 0.0951. The van der Waals surface area contributed by atoms with Gasteiger partial charge in [-0.3, -0.25) is 4.79 Å². The fourth-order valence-electron chi connectivity index (χ4n) is 3.11. The summed E-state index contributed by atoms with van der Waals surface area (Å²) in [5.74, 6) is 0.885. The number of rotatable bonds is 4. The normalized spacial score (nSPS) is 14.6. The number of aryl methyl sites for hydroxylation is 1. The van der Waals surface area contributed by atoms with Gasteiger partial charge in [0, 0.05) is 44.5 Å². The largest absolute Gasteiger partial charge is 0.354 e. The average molecular weight is 367 g/mol. The monoisotopic (exact) mass is 367 g/mol. The minimum absolute atomic E-state index is 0.0851. The SMILES string of the molecule is Cc1nc2cc(C(=O)NCc3ccnc(N4CCNCC4)c3)ccc2s1. The predicted molar refractivity (Wildman–Crippen MR) is 105 cm³/mol. The average Bonchev–Trinajstić information content (AvgIpc) is 3.06. The summed E-state index contributed by atoms with van der Waals surface area (Å²) < 4.78 is 1.11. The Hall–Kier alpha value is -2.51. The molecule has 1 amide bonds. The van der Waals surface area contributed by atoms with Crippen molar-refractivity contribution in [2.24, 2.45) is 0 Å². The molecule has 26 heavy (non-hydrogen) atoms. The molecule has 2 N–H and O–H groups in total. The Kier molecular flexibility index (Phi) is 4.81. The lowest BCUT2D eigenvalue weighted by atomic mass is 10.2. The van der Waals surface area contributed by atoms with Gasteiger partial charge in [-0.25, -0.2) is 9.97 Å². The first-order chi connectivity index (χ1) is 12.7. The standard InChI is InChI=1S/C19H21N5OS/c1-13-23-16-11-15(2-3-17(16)26-13)19(25)22-12-14-4-5-21-18(10-14)24-8-6-20-7-9-24/h2-5,10-11,20H,6-9,12H2,1H3,(H,22,25). The van der Waals surface area contributed by atoms with E-state index in [2.05, 4.69) is 31.6 Å². The highest BCUT2D eigenvalue weighted by molar-refractivity contribution is 7.18. The summed E-state index contributed by atoms with van der Waals surface area (Å²) in [4.78, 5) is 23.7. The van der Waals surface area contributed by atoms with E-state index >= 15 is 0 Å². The van der Waals surface area contributed by atoms with E-state index in [0.29, 0.717) is 12.1 Å². The summed E-state index contributed by atoms with van der Waals surface area (Å²) in [6.45, 7) is 6.31. The molecule has 2 aromatic heterocycles. The Morgan fingerprint density at radius 2 is 2.12 bits per heavy atom. The molecule has 0 aliphatic carbocycles. The van der Waals surface area contributed by atoms with Crippen LogP contribution in [0.1, 0.15) is 20.9 Å². The number of carbonyl (C=O) groups excluding carboxylic acids is 1. The Bertz CT molecular complexity index is 933. The fourth-order valence-corrected chi connectivity index (χ4v) is 3.91. The number of fused-ring (bicyclic) bond motifs is 1. The lowest BCUT2D eigenvalue weighted by Gasteiger charge is -2.28. The molecule has 4 rings (SSSR count). The molecular formula is C19H21N5OS. The second-order valence-corrected chi connectivity index (χ2v) is 7.59. The Labute approximate surface area is 156 Å². The van der Waals surface area contributed by atoms with Crippen LogP contribution in [0.3, 0.4) is 0 Å². The number of hydrogen-bond donors (Lipinski definition) is 2. The van der Waals surface area contributed by atoms with Crippen LogP contribution in [0.15, 0.2) is 36.5 Å². The van der Waals surface area contributed by atoms with Gasteiger partial charge in [0.25, 0.3) is 5.91 Å². The van der Waals surface area contributed by atoms with E-state index in [1.165, 1.54) is 0 Å². The van der Waals surface area contributed by atoms with Gasteiger partial charge in [0.15, 0.2) is 0 Å². The molecule has 0 spiro atoms. The molecular weight excluding hydrogens is 346 g/mol. The van der Waals surface area contributed by atoms with E-state index in [1.807, 2.05) is 37.4 Å². The third kappa shape index (κ3) is 3.68. The summed E-state index contributed by atoms with van der Waals surface area (Å²) >= 11 is 1.64. The number of nitrogens with zero attached hydrogens (tertiary/aromatic N) is 3. The van der Waals surface area contributed by atoms with Crippen LogP contribution in [0, 0.1) is 6.92 Å². The van der Waals surface area contributed by atoms with E-state index in [9.17, 15) is 4.79 Å². The quantitative estimate of drug-likeness (QED) is 0.741. The number of amides is 1. The first-order valence-electron chi connectivity index (χ1n) is 8.75. The predicted octanol–water partition coefficient (Wildman–Crippen LogP) is 2.34. The molecule has 3 aromatic rings. The summed E-state index contributed by atoms with van der Waals surface area (Å²) in [5.41, 5.74) is 2.57. The minimum atomic E-state index is -0.0851. The highest BCUT2D eigenvalue weighted by Gasteiger charge is 2.13. The van der Waals surface area contributed by atoms with E-state index in [1.54, 1.807) is 11.3 Å². The topological polar surface area (TPSA) is 70.2 Å². The van der Waals surface area contributed by atoms with E-state index < -0.39 is 0 Å². The van der Waals surface area contributed by atoms with Crippen LogP contribution in [0.2, 0.25) is 0 Å². The first-order valence-corrected chi connectivity index (χ1v) is 9.57. The van der Waals surface area contributed by atoms with E-state index in [4.69, 9.17) is 0 Å². The minimum Gasteiger partial charge on any atom is -0.354 e. The van der Waals surface area contributed by atoms with Crippen LogP contribution in [0.4, 0.5) is 5.82 Å². The maximum absolute atomic E-state index is 12.5. The lowest BCUT2D eigenvalue weighted by Crippen LogP contribution is -2.43. The Balaban J connectivity index is 1.43. The van der Waals surface area contributed by atoms with Gasteiger partial charge >= 0.3 is 0 Å². The van der Waals surface area contributed by atoms with Crippen LogP contribution in [-0.4, -0.2) is 42.1 Å². The van der Waals surface area contributed by atoms with Gasteiger partial charge in [0.2, 0.25) is 0 Å².